The highest BCUT2D eigenvalue weighted by Crippen LogP contribution is 2.33. The number of hydrogen-bond acceptors (Lipinski definition) is 1. The third kappa shape index (κ3) is 2.52. The molecule has 0 radical (unpaired) electrons. The fourth-order valence-corrected chi connectivity index (χ4v) is 2.81. The van der Waals surface area contributed by atoms with E-state index in [4.69, 9.17) is 0 Å². The summed E-state index contributed by atoms with van der Waals surface area (Å²) in [5, 5.41) is 2.97. The van der Waals surface area contributed by atoms with E-state index in [0.717, 1.165) is 21.4 Å². The molecular formula is C16H17BrN2O. The van der Waals surface area contributed by atoms with Crippen molar-refractivity contribution in [1.82, 2.24) is 4.57 Å². The first-order valence-electron chi connectivity index (χ1n) is 6.89. The smallest absolute Gasteiger partial charge is 0.272 e. The second-order valence-electron chi connectivity index (χ2n) is 5.30. The lowest BCUT2D eigenvalue weighted by Gasteiger charge is -2.28. The first-order chi connectivity index (χ1) is 9.65. The van der Waals surface area contributed by atoms with Crippen LogP contribution >= 0.6 is 15.9 Å². The van der Waals surface area contributed by atoms with E-state index in [0.29, 0.717) is 6.04 Å². The summed E-state index contributed by atoms with van der Waals surface area (Å²) in [6, 6.07) is 10.2. The Kier molecular flexibility index (Phi) is 3.66. The molecule has 0 spiro atoms. The predicted molar refractivity (Wildman–Crippen MR) is 84.2 cm³/mol. The third-order valence-electron chi connectivity index (χ3n) is 3.91. The number of halogens is 1. The standard InChI is InChI=1S/C16H17BrN2O/c1-11-7-8-12(10-14(11)17)18-16(20)15-6-3-9-19(15)13-4-2-5-13/h3,6-10,13H,2,4-5H2,1H3,(H,18,20). The Morgan fingerprint density at radius 1 is 1.35 bits per heavy atom. The van der Waals surface area contributed by atoms with Gasteiger partial charge in [0.1, 0.15) is 5.69 Å². The lowest BCUT2D eigenvalue weighted by Crippen LogP contribution is -2.23. The maximum absolute atomic E-state index is 12.4. The van der Waals surface area contributed by atoms with E-state index in [1.807, 2.05) is 43.5 Å². The van der Waals surface area contributed by atoms with Crippen LogP contribution in [0.2, 0.25) is 0 Å². The molecule has 1 saturated carbocycles. The van der Waals surface area contributed by atoms with Crippen molar-refractivity contribution in [3.8, 4) is 0 Å². The Balaban J connectivity index is 1.79. The van der Waals surface area contributed by atoms with E-state index in [-0.39, 0.29) is 5.91 Å². The van der Waals surface area contributed by atoms with Crippen molar-refractivity contribution in [2.45, 2.75) is 32.2 Å². The van der Waals surface area contributed by atoms with Crippen LogP contribution in [0.4, 0.5) is 5.69 Å². The second-order valence-corrected chi connectivity index (χ2v) is 6.16. The number of hydrogen-bond donors (Lipinski definition) is 1. The Morgan fingerprint density at radius 2 is 2.15 bits per heavy atom. The van der Waals surface area contributed by atoms with Crippen LogP contribution < -0.4 is 5.32 Å². The van der Waals surface area contributed by atoms with Gasteiger partial charge in [-0.1, -0.05) is 22.0 Å². The lowest BCUT2D eigenvalue weighted by molar-refractivity contribution is 0.101. The number of rotatable bonds is 3. The minimum atomic E-state index is -0.0438. The van der Waals surface area contributed by atoms with Crippen LogP contribution in [0.5, 0.6) is 0 Å². The molecule has 104 valence electrons. The molecule has 0 unspecified atom stereocenters. The quantitative estimate of drug-likeness (QED) is 0.879. The average molecular weight is 333 g/mol. The van der Waals surface area contributed by atoms with E-state index in [1.165, 1.54) is 19.3 Å². The summed E-state index contributed by atoms with van der Waals surface area (Å²) in [4.78, 5) is 12.4. The Labute approximate surface area is 127 Å². The monoisotopic (exact) mass is 332 g/mol. The van der Waals surface area contributed by atoms with Crippen LogP contribution in [0.3, 0.4) is 0 Å². The van der Waals surface area contributed by atoms with E-state index < -0.39 is 0 Å². The van der Waals surface area contributed by atoms with E-state index in [1.54, 1.807) is 0 Å². The summed E-state index contributed by atoms with van der Waals surface area (Å²) in [5.74, 6) is -0.0438. The zero-order valence-electron chi connectivity index (χ0n) is 11.4. The van der Waals surface area contributed by atoms with E-state index in [2.05, 4.69) is 25.8 Å². The molecule has 3 rings (SSSR count). The first-order valence-corrected chi connectivity index (χ1v) is 7.69. The summed E-state index contributed by atoms with van der Waals surface area (Å²) in [6.45, 7) is 2.03. The van der Waals surface area contributed by atoms with Gasteiger partial charge in [0, 0.05) is 22.4 Å². The number of amides is 1. The van der Waals surface area contributed by atoms with Gasteiger partial charge in [0.15, 0.2) is 0 Å². The molecule has 1 aliphatic rings. The summed E-state index contributed by atoms with van der Waals surface area (Å²) in [7, 11) is 0. The molecule has 0 atom stereocenters. The van der Waals surface area contributed by atoms with Crippen molar-refractivity contribution in [3.63, 3.8) is 0 Å². The number of benzene rings is 1. The summed E-state index contributed by atoms with van der Waals surface area (Å²) in [6.07, 6.45) is 5.61. The molecule has 2 aromatic rings. The molecule has 0 aliphatic heterocycles. The van der Waals surface area contributed by atoms with Crippen molar-refractivity contribution in [2.75, 3.05) is 5.32 Å². The van der Waals surface area contributed by atoms with E-state index in [9.17, 15) is 4.79 Å². The molecular weight excluding hydrogens is 316 g/mol. The van der Waals surface area contributed by atoms with Gasteiger partial charge in [0.2, 0.25) is 0 Å². The number of nitrogens with one attached hydrogen (secondary N) is 1. The molecule has 4 heteroatoms. The minimum Gasteiger partial charge on any atom is -0.340 e. The van der Waals surface area contributed by atoms with Gasteiger partial charge in [-0.3, -0.25) is 4.79 Å². The molecule has 1 amide bonds. The van der Waals surface area contributed by atoms with Gasteiger partial charge < -0.3 is 9.88 Å². The molecule has 1 heterocycles. The molecule has 1 N–H and O–H groups in total. The zero-order chi connectivity index (χ0) is 14.1. The molecule has 3 nitrogen and oxygen atoms in total. The molecule has 20 heavy (non-hydrogen) atoms. The second kappa shape index (κ2) is 5.44. The molecule has 1 aromatic heterocycles. The van der Waals surface area contributed by atoms with E-state index >= 15 is 0 Å². The zero-order valence-corrected chi connectivity index (χ0v) is 13.0. The number of aryl methyl sites for hydroxylation is 1. The van der Waals surface area contributed by atoms with Crippen molar-refractivity contribution in [3.05, 3.63) is 52.3 Å². The lowest BCUT2D eigenvalue weighted by atomic mass is 9.93. The topological polar surface area (TPSA) is 34.0 Å². The van der Waals surface area contributed by atoms with Crippen molar-refractivity contribution in [2.24, 2.45) is 0 Å². The highest BCUT2D eigenvalue weighted by molar-refractivity contribution is 9.10. The summed E-state index contributed by atoms with van der Waals surface area (Å²) >= 11 is 3.49. The van der Waals surface area contributed by atoms with Crippen LogP contribution in [0.25, 0.3) is 0 Å². The van der Waals surface area contributed by atoms with Gasteiger partial charge in [-0.05, 0) is 56.0 Å². The van der Waals surface area contributed by atoms with Gasteiger partial charge >= 0.3 is 0 Å². The average Bonchev–Trinajstić information content (AvgIpc) is 2.81. The summed E-state index contributed by atoms with van der Waals surface area (Å²) < 4.78 is 3.10. The minimum absolute atomic E-state index is 0.0438. The first kappa shape index (κ1) is 13.4. The van der Waals surface area contributed by atoms with Crippen molar-refractivity contribution in [1.29, 1.82) is 0 Å². The fraction of sp³-hybridized carbons (Fsp3) is 0.312. The van der Waals surface area contributed by atoms with Gasteiger partial charge in [-0.2, -0.15) is 0 Å². The van der Waals surface area contributed by atoms with Crippen molar-refractivity contribution < 1.29 is 4.79 Å². The number of anilines is 1. The molecule has 0 bridgehead atoms. The Hall–Kier alpha value is -1.55. The largest absolute Gasteiger partial charge is 0.340 e. The highest BCUT2D eigenvalue weighted by atomic mass is 79.9. The maximum Gasteiger partial charge on any atom is 0.272 e. The van der Waals surface area contributed by atoms with Crippen LogP contribution in [-0.4, -0.2) is 10.5 Å². The third-order valence-corrected chi connectivity index (χ3v) is 4.76. The van der Waals surface area contributed by atoms with Gasteiger partial charge in [-0.15, -0.1) is 0 Å². The fourth-order valence-electron chi connectivity index (χ4n) is 2.44. The van der Waals surface area contributed by atoms with Crippen molar-refractivity contribution >= 4 is 27.5 Å². The number of carbonyl (C=O) groups is 1. The normalized spacial score (nSPS) is 14.9. The SMILES string of the molecule is Cc1ccc(NC(=O)c2cccn2C2CCC2)cc1Br. The van der Waals surface area contributed by atoms with Gasteiger partial charge in [-0.25, -0.2) is 0 Å². The molecule has 1 aromatic carbocycles. The Morgan fingerprint density at radius 3 is 2.80 bits per heavy atom. The maximum atomic E-state index is 12.4. The highest BCUT2D eigenvalue weighted by Gasteiger charge is 2.23. The van der Waals surface area contributed by atoms with Crippen LogP contribution in [-0.2, 0) is 0 Å². The molecule has 1 aliphatic carbocycles. The van der Waals surface area contributed by atoms with Gasteiger partial charge in [0.25, 0.3) is 5.91 Å². The van der Waals surface area contributed by atoms with Gasteiger partial charge in [0.05, 0.1) is 0 Å². The van der Waals surface area contributed by atoms with Crippen LogP contribution in [0.1, 0.15) is 41.4 Å². The Bertz CT molecular complexity index is 644. The number of nitrogens with zero attached hydrogens (tertiary/aromatic N) is 1. The predicted octanol–water partition coefficient (Wildman–Crippen LogP) is 4.54. The number of carbonyl (C=O) groups excluding carboxylic acids is 1. The molecule has 1 fully saturated rings. The summed E-state index contributed by atoms with van der Waals surface area (Å²) in [5.41, 5.74) is 2.71. The number of aromatic nitrogens is 1. The van der Waals surface area contributed by atoms with Crippen LogP contribution in [0, 0.1) is 6.92 Å². The molecule has 0 saturated heterocycles. The van der Waals surface area contributed by atoms with Crippen LogP contribution in [0.15, 0.2) is 41.0 Å².